The smallest absolute Gasteiger partial charge is 0.244 e. The Kier molecular flexibility index (Phi) is 7.39. The predicted molar refractivity (Wildman–Crippen MR) is 111 cm³/mol. The molecule has 0 saturated heterocycles. The molecule has 0 aromatic heterocycles. The topological polar surface area (TPSA) is 49.3 Å². The van der Waals surface area contributed by atoms with Crippen molar-refractivity contribution in [2.24, 2.45) is 0 Å². The second kappa shape index (κ2) is 10.2. The van der Waals surface area contributed by atoms with Crippen molar-refractivity contribution in [2.75, 3.05) is 0 Å². The van der Waals surface area contributed by atoms with Crippen molar-refractivity contribution in [3.63, 3.8) is 0 Å². The van der Waals surface area contributed by atoms with E-state index in [0.29, 0.717) is 0 Å². The Hall–Kier alpha value is -2.21. The van der Waals surface area contributed by atoms with Gasteiger partial charge >= 0.3 is 0 Å². The first-order valence-electron chi connectivity index (χ1n) is 8.69. The fraction of sp³-hybridized carbons (Fsp3) is 0.136. The lowest BCUT2D eigenvalue weighted by Gasteiger charge is -2.16. The van der Waals surface area contributed by atoms with E-state index < -0.39 is 0 Å². The number of amides is 1. The molecule has 138 valence electrons. The molecule has 0 aliphatic carbocycles. The van der Waals surface area contributed by atoms with Gasteiger partial charge in [-0.1, -0.05) is 60.3 Å². The predicted octanol–water partition coefficient (Wildman–Crippen LogP) is 5.44. The normalized spacial score (nSPS) is 11.7. The molecule has 0 aliphatic rings. The zero-order chi connectivity index (χ0) is 18.9. The first kappa shape index (κ1) is 19.5. The second-order valence-corrected chi connectivity index (χ2v) is 8.58. The van der Waals surface area contributed by atoms with Crippen LogP contribution in [-0.2, 0) is 11.2 Å². The van der Waals surface area contributed by atoms with Crippen molar-refractivity contribution in [1.29, 1.82) is 0 Å². The van der Waals surface area contributed by atoms with Crippen molar-refractivity contribution >= 4 is 29.4 Å². The molecule has 1 unspecified atom stereocenters. The molecule has 27 heavy (non-hydrogen) atoms. The summed E-state index contributed by atoms with van der Waals surface area (Å²) in [7, 11) is 0. The van der Waals surface area contributed by atoms with Gasteiger partial charge in [0, 0.05) is 26.4 Å². The maximum Gasteiger partial charge on any atom is 0.244 e. The SMILES string of the molecule is O=C(CC(Cc1ccccc1)Sc1ccc(Sc2ccccc2)cc1)NO. The Morgan fingerprint density at radius 1 is 0.815 bits per heavy atom. The summed E-state index contributed by atoms with van der Waals surface area (Å²) in [5.41, 5.74) is 2.93. The Morgan fingerprint density at radius 2 is 1.37 bits per heavy atom. The maximum atomic E-state index is 11.7. The van der Waals surface area contributed by atoms with Gasteiger partial charge in [0.15, 0.2) is 0 Å². The Balaban J connectivity index is 1.66. The molecule has 5 heteroatoms. The third-order valence-electron chi connectivity index (χ3n) is 3.95. The van der Waals surface area contributed by atoms with Gasteiger partial charge in [-0.3, -0.25) is 10.0 Å². The average Bonchev–Trinajstić information content (AvgIpc) is 2.71. The summed E-state index contributed by atoms with van der Waals surface area (Å²) in [4.78, 5) is 15.2. The van der Waals surface area contributed by atoms with Crippen molar-refractivity contribution in [2.45, 2.75) is 32.8 Å². The highest BCUT2D eigenvalue weighted by molar-refractivity contribution is 8.00. The fourth-order valence-corrected chi connectivity index (χ4v) is 4.71. The Morgan fingerprint density at radius 3 is 2.00 bits per heavy atom. The van der Waals surface area contributed by atoms with E-state index in [4.69, 9.17) is 5.21 Å². The molecule has 0 bridgehead atoms. The Bertz CT molecular complexity index is 839. The molecule has 2 N–H and O–H groups in total. The molecule has 3 aromatic rings. The van der Waals surface area contributed by atoms with Gasteiger partial charge in [0.1, 0.15) is 0 Å². The van der Waals surface area contributed by atoms with Crippen LogP contribution in [0.4, 0.5) is 0 Å². The van der Waals surface area contributed by atoms with Gasteiger partial charge in [0.25, 0.3) is 0 Å². The summed E-state index contributed by atoms with van der Waals surface area (Å²) < 4.78 is 0. The molecule has 3 nitrogen and oxygen atoms in total. The van der Waals surface area contributed by atoms with E-state index in [0.717, 1.165) is 11.3 Å². The molecule has 0 saturated carbocycles. The van der Waals surface area contributed by atoms with Gasteiger partial charge in [0.2, 0.25) is 5.91 Å². The van der Waals surface area contributed by atoms with Crippen LogP contribution in [0, 0.1) is 0 Å². The van der Waals surface area contributed by atoms with Crippen LogP contribution in [0.5, 0.6) is 0 Å². The zero-order valence-electron chi connectivity index (χ0n) is 14.7. The molecule has 0 aliphatic heterocycles. The number of benzene rings is 3. The summed E-state index contributed by atoms with van der Waals surface area (Å²) >= 11 is 3.39. The third-order valence-corrected chi connectivity index (χ3v) is 6.18. The van der Waals surface area contributed by atoms with E-state index in [-0.39, 0.29) is 17.6 Å². The monoisotopic (exact) mass is 395 g/mol. The molecular formula is C22H21NO2S2. The standard InChI is InChI=1S/C22H21NO2S2/c24-22(23-25)16-21(15-17-7-3-1-4-8-17)27-20-13-11-19(12-14-20)26-18-9-5-2-6-10-18/h1-14,21,25H,15-16H2,(H,23,24). The number of carbonyl (C=O) groups is 1. The number of carbonyl (C=O) groups excluding carboxylic acids is 1. The van der Waals surface area contributed by atoms with Crippen molar-refractivity contribution in [3.8, 4) is 0 Å². The average molecular weight is 396 g/mol. The summed E-state index contributed by atoms with van der Waals surface area (Å²) in [6.45, 7) is 0. The van der Waals surface area contributed by atoms with Gasteiger partial charge in [-0.25, -0.2) is 5.48 Å². The zero-order valence-corrected chi connectivity index (χ0v) is 16.4. The molecule has 0 heterocycles. The van der Waals surface area contributed by atoms with Crippen LogP contribution in [0.2, 0.25) is 0 Å². The van der Waals surface area contributed by atoms with Crippen molar-refractivity contribution < 1.29 is 10.0 Å². The number of hydrogen-bond donors (Lipinski definition) is 2. The highest BCUT2D eigenvalue weighted by Crippen LogP contribution is 2.32. The molecule has 3 rings (SSSR count). The largest absolute Gasteiger partial charge is 0.289 e. The van der Waals surface area contributed by atoms with E-state index in [1.165, 1.54) is 15.4 Å². The van der Waals surface area contributed by atoms with Gasteiger partial charge in [-0.15, -0.1) is 11.8 Å². The second-order valence-electron chi connectivity index (χ2n) is 6.06. The molecule has 3 aromatic carbocycles. The van der Waals surface area contributed by atoms with Gasteiger partial charge in [0.05, 0.1) is 0 Å². The Labute approximate surface area is 168 Å². The van der Waals surface area contributed by atoms with E-state index in [2.05, 4.69) is 48.5 Å². The first-order chi connectivity index (χ1) is 13.2. The minimum absolute atomic E-state index is 0.0483. The molecule has 0 radical (unpaired) electrons. The van der Waals surface area contributed by atoms with E-state index >= 15 is 0 Å². The summed E-state index contributed by atoms with van der Waals surface area (Å²) in [6, 6.07) is 28.8. The van der Waals surface area contributed by atoms with E-state index in [1.807, 2.05) is 36.4 Å². The minimum atomic E-state index is -0.361. The lowest BCUT2D eigenvalue weighted by molar-refractivity contribution is -0.129. The first-order valence-corrected chi connectivity index (χ1v) is 10.4. The fourth-order valence-electron chi connectivity index (χ4n) is 2.69. The summed E-state index contributed by atoms with van der Waals surface area (Å²) in [5.74, 6) is -0.361. The lowest BCUT2D eigenvalue weighted by atomic mass is 10.1. The van der Waals surface area contributed by atoms with Crippen molar-refractivity contribution in [1.82, 2.24) is 5.48 Å². The number of thioether (sulfide) groups is 1. The van der Waals surface area contributed by atoms with E-state index in [1.54, 1.807) is 29.0 Å². The number of hydroxylamine groups is 1. The maximum absolute atomic E-state index is 11.7. The van der Waals surface area contributed by atoms with Crippen LogP contribution in [0.3, 0.4) is 0 Å². The van der Waals surface area contributed by atoms with Crippen LogP contribution >= 0.6 is 23.5 Å². The summed E-state index contributed by atoms with van der Waals surface area (Å²) in [6.07, 6.45) is 1.02. The highest BCUT2D eigenvalue weighted by atomic mass is 32.2. The van der Waals surface area contributed by atoms with Crippen LogP contribution in [0.25, 0.3) is 0 Å². The molecule has 0 fully saturated rings. The number of nitrogens with one attached hydrogen (secondary N) is 1. The van der Waals surface area contributed by atoms with Crippen molar-refractivity contribution in [3.05, 3.63) is 90.5 Å². The lowest BCUT2D eigenvalue weighted by Crippen LogP contribution is -2.24. The molecule has 0 spiro atoms. The van der Waals surface area contributed by atoms with E-state index in [9.17, 15) is 4.79 Å². The van der Waals surface area contributed by atoms with Gasteiger partial charge < -0.3 is 0 Å². The molecular weight excluding hydrogens is 374 g/mol. The molecule has 1 amide bonds. The van der Waals surface area contributed by atoms with Crippen LogP contribution in [-0.4, -0.2) is 16.4 Å². The minimum Gasteiger partial charge on any atom is -0.289 e. The molecule has 1 atom stereocenters. The third kappa shape index (κ3) is 6.47. The quantitative estimate of drug-likeness (QED) is 0.303. The van der Waals surface area contributed by atoms with Gasteiger partial charge in [-0.2, -0.15) is 0 Å². The van der Waals surface area contributed by atoms with Gasteiger partial charge in [-0.05, 0) is 48.4 Å². The highest BCUT2D eigenvalue weighted by Gasteiger charge is 2.16. The number of hydrogen-bond acceptors (Lipinski definition) is 4. The summed E-state index contributed by atoms with van der Waals surface area (Å²) in [5, 5.41) is 8.93. The van der Waals surface area contributed by atoms with Crippen LogP contribution in [0.15, 0.2) is 99.6 Å². The number of rotatable bonds is 8. The van der Waals surface area contributed by atoms with Crippen LogP contribution < -0.4 is 5.48 Å². The van der Waals surface area contributed by atoms with Crippen LogP contribution in [0.1, 0.15) is 12.0 Å².